The molecule has 1 amide bonds. The highest BCUT2D eigenvalue weighted by Crippen LogP contribution is 2.17. The van der Waals surface area contributed by atoms with Crippen LogP contribution < -0.4 is 5.32 Å². The number of aryl methyl sites for hydroxylation is 3. The van der Waals surface area contributed by atoms with E-state index in [0.717, 1.165) is 24.3 Å². The van der Waals surface area contributed by atoms with E-state index in [0.29, 0.717) is 5.75 Å². The number of amides is 1. The van der Waals surface area contributed by atoms with Gasteiger partial charge in [0.2, 0.25) is 5.91 Å². The van der Waals surface area contributed by atoms with E-state index in [1.54, 1.807) is 11.8 Å². The molecule has 0 atom stereocenters. The summed E-state index contributed by atoms with van der Waals surface area (Å²) < 4.78 is 0. The molecule has 0 aliphatic carbocycles. The summed E-state index contributed by atoms with van der Waals surface area (Å²) in [6.07, 6.45) is 1.98. The van der Waals surface area contributed by atoms with Crippen LogP contribution >= 0.6 is 11.8 Å². The summed E-state index contributed by atoms with van der Waals surface area (Å²) in [5.41, 5.74) is 3.85. The van der Waals surface area contributed by atoms with E-state index < -0.39 is 0 Å². The van der Waals surface area contributed by atoms with Crippen molar-refractivity contribution in [2.75, 3.05) is 12.3 Å². The highest BCUT2D eigenvalue weighted by atomic mass is 32.2. The van der Waals surface area contributed by atoms with Gasteiger partial charge in [-0.25, -0.2) is 0 Å². The van der Waals surface area contributed by atoms with Gasteiger partial charge in [-0.15, -0.1) is 11.8 Å². The summed E-state index contributed by atoms with van der Waals surface area (Å²) in [5, 5.41) is 2.99. The molecule has 3 heteroatoms. The van der Waals surface area contributed by atoms with Gasteiger partial charge in [0.05, 0.1) is 5.75 Å². The van der Waals surface area contributed by atoms with Crippen LogP contribution in [-0.4, -0.2) is 18.2 Å². The fourth-order valence-electron chi connectivity index (χ4n) is 2.11. The molecule has 0 aliphatic rings. The monoisotopic (exact) mass is 313 g/mol. The first-order valence-electron chi connectivity index (χ1n) is 7.65. The van der Waals surface area contributed by atoms with Gasteiger partial charge in [-0.1, -0.05) is 47.5 Å². The molecule has 2 aromatic carbocycles. The maximum atomic E-state index is 11.8. The lowest BCUT2D eigenvalue weighted by Gasteiger charge is -2.06. The minimum Gasteiger partial charge on any atom is -0.355 e. The third-order valence-electron chi connectivity index (χ3n) is 3.48. The number of thioether (sulfide) groups is 1. The van der Waals surface area contributed by atoms with Crippen LogP contribution in [0, 0.1) is 13.8 Å². The topological polar surface area (TPSA) is 29.1 Å². The molecule has 2 nitrogen and oxygen atoms in total. The van der Waals surface area contributed by atoms with Crippen molar-refractivity contribution in [3.63, 3.8) is 0 Å². The molecule has 0 radical (unpaired) electrons. The molecule has 0 heterocycles. The number of rotatable bonds is 7. The number of hydrogen-bond donors (Lipinski definition) is 1. The van der Waals surface area contributed by atoms with Crippen molar-refractivity contribution in [1.82, 2.24) is 5.32 Å². The number of hydrogen-bond acceptors (Lipinski definition) is 2. The molecule has 0 aromatic heterocycles. The SMILES string of the molecule is Cc1ccc(CCCNC(=O)CSc2ccc(C)cc2)cc1. The van der Waals surface area contributed by atoms with Crippen molar-refractivity contribution in [2.24, 2.45) is 0 Å². The van der Waals surface area contributed by atoms with E-state index in [2.05, 4.69) is 67.7 Å². The fourth-order valence-corrected chi connectivity index (χ4v) is 2.84. The van der Waals surface area contributed by atoms with Gasteiger partial charge in [-0.2, -0.15) is 0 Å². The Morgan fingerprint density at radius 1 is 0.955 bits per heavy atom. The molecule has 0 unspecified atom stereocenters. The van der Waals surface area contributed by atoms with E-state index >= 15 is 0 Å². The Balaban J connectivity index is 1.61. The van der Waals surface area contributed by atoms with Gasteiger partial charge in [-0.3, -0.25) is 4.79 Å². The molecular formula is C19H23NOS. The summed E-state index contributed by atoms with van der Waals surface area (Å²) >= 11 is 1.58. The molecule has 116 valence electrons. The maximum absolute atomic E-state index is 11.8. The molecule has 0 fully saturated rings. The van der Waals surface area contributed by atoms with Gasteiger partial charge in [0.1, 0.15) is 0 Å². The summed E-state index contributed by atoms with van der Waals surface area (Å²) in [5.74, 6) is 0.586. The largest absolute Gasteiger partial charge is 0.355 e. The lowest BCUT2D eigenvalue weighted by molar-refractivity contribution is -0.118. The molecular weight excluding hydrogens is 290 g/mol. The first kappa shape index (κ1) is 16.6. The summed E-state index contributed by atoms with van der Waals surface area (Å²) in [6, 6.07) is 16.8. The van der Waals surface area contributed by atoms with Gasteiger partial charge in [0.25, 0.3) is 0 Å². The van der Waals surface area contributed by atoms with Crippen molar-refractivity contribution in [3.05, 3.63) is 65.2 Å². The molecule has 1 N–H and O–H groups in total. The van der Waals surface area contributed by atoms with Gasteiger partial charge in [0, 0.05) is 11.4 Å². The van der Waals surface area contributed by atoms with Crippen LogP contribution in [-0.2, 0) is 11.2 Å². The Labute approximate surface area is 137 Å². The summed E-state index contributed by atoms with van der Waals surface area (Å²) in [6.45, 7) is 4.89. The minimum absolute atomic E-state index is 0.106. The zero-order chi connectivity index (χ0) is 15.8. The number of carbonyl (C=O) groups excluding carboxylic acids is 1. The van der Waals surface area contributed by atoms with Gasteiger partial charge in [0.15, 0.2) is 0 Å². The second-order valence-corrected chi connectivity index (χ2v) is 6.59. The lowest BCUT2D eigenvalue weighted by atomic mass is 10.1. The minimum atomic E-state index is 0.106. The molecule has 0 aliphatic heterocycles. The Morgan fingerprint density at radius 2 is 1.55 bits per heavy atom. The Hall–Kier alpha value is -1.74. The molecule has 0 saturated carbocycles. The molecule has 2 aromatic rings. The third kappa shape index (κ3) is 5.94. The first-order valence-corrected chi connectivity index (χ1v) is 8.64. The average molecular weight is 313 g/mol. The highest BCUT2D eigenvalue weighted by molar-refractivity contribution is 8.00. The predicted octanol–water partition coefficient (Wildman–Crippen LogP) is 4.14. The zero-order valence-corrected chi connectivity index (χ0v) is 14.1. The summed E-state index contributed by atoms with van der Waals surface area (Å²) in [4.78, 5) is 12.9. The van der Waals surface area contributed by atoms with Crippen LogP contribution in [0.1, 0.15) is 23.1 Å². The van der Waals surface area contributed by atoms with Crippen molar-refractivity contribution < 1.29 is 4.79 Å². The lowest BCUT2D eigenvalue weighted by Crippen LogP contribution is -2.26. The van der Waals surface area contributed by atoms with Gasteiger partial charge in [-0.05, 0) is 44.4 Å². The second kappa shape index (κ2) is 8.64. The number of carbonyl (C=O) groups is 1. The smallest absolute Gasteiger partial charge is 0.230 e. The second-order valence-electron chi connectivity index (χ2n) is 5.54. The van der Waals surface area contributed by atoms with Crippen molar-refractivity contribution >= 4 is 17.7 Å². The van der Waals surface area contributed by atoms with E-state index in [9.17, 15) is 4.79 Å². The average Bonchev–Trinajstić information content (AvgIpc) is 2.53. The van der Waals surface area contributed by atoms with Crippen LogP contribution in [0.4, 0.5) is 0 Å². The third-order valence-corrected chi connectivity index (χ3v) is 4.49. The first-order chi connectivity index (χ1) is 10.6. The van der Waals surface area contributed by atoms with Gasteiger partial charge < -0.3 is 5.32 Å². The quantitative estimate of drug-likeness (QED) is 0.615. The van der Waals surface area contributed by atoms with Crippen LogP contribution in [0.5, 0.6) is 0 Å². The van der Waals surface area contributed by atoms with Crippen molar-refractivity contribution in [2.45, 2.75) is 31.6 Å². The van der Waals surface area contributed by atoms with Crippen LogP contribution in [0.2, 0.25) is 0 Å². The van der Waals surface area contributed by atoms with Crippen molar-refractivity contribution in [1.29, 1.82) is 0 Å². The molecule has 0 saturated heterocycles. The number of nitrogens with one attached hydrogen (secondary N) is 1. The van der Waals surface area contributed by atoms with Crippen LogP contribution in [0.15, 0.2) is 53.4 Å². The Bertz CT molecular complexity index is 590. The molecule has 22 heavy (non-hydrogen) atoms. The highest BCUT2D eigenvalue weighted by Gasteiger charge is 2.02. The van der Waals surface area contributed by atoms with E-state index in [1.807, 2.05) is 0 Å². The predicted molar refractivity (Wildman–Crippen MR) is 94.4 cm³/mol. The normalized spacial score (nSPS) is 10.5. The summed E-state index contributed by atoms with van der Waals surface area (Å²) in [7, 11) is 0. The molecule has 2 rings (SSSR count). The standard InChI is InChI=1S/C19H23NOS/c1-15-5-9-17(10-6-15)4-3-13-20-19(21)14-22-18-11-7-16(2)8-12-18/h5-12H,3-4,13-14H2,1-2H3,(H,20,21). The van der Waals surface area contributed by atoms with E-state index in [1.165, 1.54) is 16.7 Å². The Morgan fingerprint density at radius 3 is 2.18 bits per heavy atom. The molecule has 0 spiro atoms. The van der Waals surface area contributed by atoms with E-state index in [-0.39, 0.29) is 5.91 Å². The molecule has 0 bridgehead atoms. The zero-order valence-electron chi connectivity index (χ0n) is 13.3. The van der Waals surface area contributed by atoms with Crippen molar-refractivity contribution in [3.8, 4) is 0 Å². The Kier molecular flexibility index (Phi) is 6.53. The van der Waals surface area contributed by atoms with Crippen LogP contribution in [0.25, 0.3) is 0 Å². The number of benzene rings is 2. The van der Waals surface area contributed by atoms with Gasteiger partial charge >= 0.3 is 0 Å². The fraction of sp³-hybridized carbons (Fsp3) is 0.316. The van der Waals surface area contributed by atoms with Crippen LogP contribution in [0.3, 0.4) is 0 Å². The maximum Gasteiger partial charge on any atom is 0.230 e. The van der Waals surface area contributed by atoms with E-state index in [4.69, 9.17) is 0 Å².